The van der Waals surface area contributed by atoms with Gasteiger partial charge in [0.05, 0.1) is 18.4 Å². The molecule has 0 unspecified atom stereocenters. The predicted molar refractivity (Wildman–Crippen MR) is 169 cm³/mol. The van der Waals surface area contributed by atoms with Crippen LogP contribution in [0.5, 0.6) is 17.2 Å². The zero-order valence-corrected chi connectivity index (χ0v) is 24.6. The van der Waals surface area contributed by atoms with Gasteiger partial charge in [-0.3, -0.25) is 4.79 Å². The first kappa shape index (κ1) is 29.6. The van der Waals surface area contributed by atoms with Crippen LogP contribution < -0.4 is 19.6 Å². The average Bonchev–Trinajstić information content (AvgIpc) is 3.02. The van der Waals surface area contributed by atoms with Crippen LogP contribution in [0.1, 0.15) is 38.8 Å². The first-order chi connectivity index (χ1) is 20.9. The molecule has 0 spiro atoms. The Morgan fingerprint density at radius 1 is 0.814 bits per heavy atom. The van der Waals surface area contributed by atoms with Gasteiger partial charge in [-0.2, -0.15) is 5.10 Å². The Hall–Kier alpha value is -4.85. The molecule has 0 aromatic heterocycles. The molecule has 216 valence electrons. The minimum atomic E-state index is -0.530. The Morgan fingerprint density at radius 3 is 2.23 bits per heavy atom. The summed E-state index contributed by atoms with van der Waals surface area (Å²) in [6.45, 7) is 2.67. The summed E-state index contributed by atoms with van der Waals surface area (Å²) in [6, 6.07) is 29.7. The standard InChI is InChI=1S/C34H26Cl2N2O5/c1-2-41-27-16-10-24(11-17-27)34(40)43-32-18-12-22-5-3-4-6-29(22)30(32)20-37-38-33(39)23-8-14-28(15-9-23)42-21-25-7-13-26(35)19-31(25)36/h3-20H,2,21H2,1H3,(H,38,39)/b37-20-. The summed E-state index contributed by atoms with van der Waals surface area (Å²) in [5, 5.41) is 6.96. The molecule has 0 radical (unpaired) electrons. The first-order valence-electron chi connectivity index (χ1n) is 13.4. The highest BCUT2D eigenvalue weighted by Gasteiger charge is 2.14. The van der Waals surface area contributed by atoms with E-state index in [1.54, 1.807) is 72.8 Å². The van der Waals surface area contributed by atoms with Crippen molar-refractivity contribution in [3.8, 4) is 17.2 Å². The number of hydrazone groups is 1. The lowest BCUT2D eigenvalue weighted by molar-refractivity contribution is 0.0734. The van der Waals surface area contributed by atoms with Crippen LogP contribution in [0.3, 0.4) is 0 Å². The fourth-order valence-electron chi connectivity index (χ4n) is 4.23. The molecule has 5 rings (SSSR count). The van der Waals surface area contributed by atoms with Gasteiger partial charge in [0.1, 0.15) is 23.9 Å². The van der Waals surface area contributed by atoms with E-state index in [0.717, 1.165) is 16.3 Å². The normalized spacial score (nSPS) is 11.0. The zero-order chi connectivity index (χ0) is 30.2. The molecule has 0 aliphatic rings. The molecule has 9 heteroatoms. The molecule has 0 aliphatic carbocycles. The number of hydrogen-bond donors (Lipinski definition) is 1. The maximum absolute atomic E-state index is 12.9. The Bertz CT molecular complexity index is 1790. The number of carbonyl (C=O) groups excluding carboxylic acids is 2. The van der Waals surface area contributed by atoms with Crippen LogP contribution in [0, 0.1) is 0 Å². The average molecular weight is 613 g/mol. The Kier molecular flexibility index (Phi) is 9.56. The highest BCUT2D eigenvalue weighted by Crippen LogP contribution is 2.28. The lowest BCUT2D eigenvalue weighted by Gasteiger charge is -2.11. The van der Waals surface area contributed by atoms with Crippen molar-refractivity contribution < 1.29 is 23.8 Å². The van der Waals surface area contributed by atoms with E-state index in [1.807, 2.05) is 37.3 Å². The SMILES string of the molecule is CCOc1ccc(C(=O)Oc2ccc3ccccc3c2/C=N\NC(=O)c2ccc(OCc3ccc(Cl)cc3Cl)cc2)cc1. The highest BCUT2D eigenvalue weighted by molar-refractivity contribution is 6.35. The van der Waals surface area contributed by atoms with Crippen molar-refractivity contribution in [2.45, 2.75) is 13.5 Å². The van der Waals surface area contributed by atoms with Gasteiger partial charge < -0.3 is 14.2 Å². The fourth-order valence-corrected chi connectivity index (χ4v) is 4.70. The summed E-state index contributed by atoms with van der Waals surface area (Å²) < 4.78 is 17.0. The maximum atomic E-state index is 12.9. The van der Waals surface area contributed by atoms with E-state index in [2.05, 4.69) is 10.5 Å². The van der Waals surface area contributed by atoms with Crippen molar-refractivity contribution >= 4 is 52.1 Å². The smallest absolute Gasteiger partial charge is 0.343 e. The van der Waals surface area contributed by atoms with Crippen LogP contribution in [-0.4, -0.2) is 24.7 Å². The molecule has 5 aromatic rings. The highest BCUT2D eigenvalue weighted by atomic mass is 35.5. The number of fused-ring (bicyclic) bond motifs is 1. The first-order valence-corrected chi connectivity index (χ1v) is 14.1. The molecule has 0 aliphatic heterocycles. The maximum Gasteiger partial charge on any atom is 0.343 e. The number of amides is 1. The number of nitrogens with one attached hydrogen (secondary N) is 1. The van der Waals surface area contributed by atoms with Crippen molar-refractivity contribution in [2.75, 3.05) is 6.61 Å². The van der Waals surface area contributed by atoms with E-state index >= 15 is 0 Å². The summed E-state index contributed by atoms with van der Waals surface area (Å²) in [6.07, 6.45) is 1.47. The second-order valence-electron chi connectivity index (χ2n) is 9.29. The van der Waals surface area contributed by atoms with Crippen LogP contribution in [-0.2, 0) is 6.61 Å². The van der Waals surface area contributed by atoms with Gasteiger partial charge in [-0.25, -0.2) is 10.2 Å². The number of esters is 1. The largest absolute Gasteiger partial charge is 0.494 e. The van der Waals surface area contributed by atoms with Gasteiger partial charge >= 0.3 is 5.97 Å². The van der Waals surface area contributed by atoms with Crippen LogP contribution in [0.4, 0.5) is 0 Å². The van der Waals surface area contributed by atoms with Crippen LogP contribution in [0.2, 0.25) is 10.0 Å². The van der Waals surface area contributed by atoms with E-state index < -0.39 is 11.9 Å². The predicted octanol–water partition coefficient (Wildman–Crippen LogP) is 8.11. The monoisotopic (exact) mass is 612 g/mol. The molecule has 5 aromatic carbocycles. The summed E-state index contributed by atoms with van der Waals surface area (Å²) in [5.74, 6) is 0.589. The third-order valence-corrected chi connectivity index (χ3v) is 7.01. The Labute approximate surface area is 258 Å². The second kappa shape index (κ2) is 13.9. The van der Waals surface area contributed by atoms with Gasteiger partial charge in [-0.15, -0.1) is 0 Å². The van der Waals surface area contributed by atoms with Gasteiger partial charge in [-0.1, -0.05) is 59.6 Å². The van der Waals surface area contributed by atoms with Crippen molar-refractivity contribution in [3.63, 3.8) is 0 Å². The number of rotatable bonds is 10. The molecule has 1 N–H and O–H groups in total. The summed E-state index contributed by atoms with van der Waals surface area (Å²) in [5.41, 5.74) is 4.63. The minimum Gasteiger partial charge on any atom is -0.494 e. The topological polar surface area (TPSA) is 86.2 Å². The molecule has 7 nitrogen and oxygen atoms in total. The molecule has 0 saturated carbocycles. The van der Waals surface area contributed by atoms with Crippen LogP contribution in [0.15, 0.2) is 108 Å². The third kappa shape index (κ3) is 7.52. The molecule has 0 fully saturated rings. The van der Waals surface area contributed by atoms with Crippen molar-refractivity contribution in [1.82, 2.24) is 5.43 Å². The minimum absolute atomic E-state index is 0.252. The molecule has 43 heavy (non-hydrogen) atoms. The molecule has 0 atom stereocenters. The van der Waals surface area contributed by atoms with Crippen LogP contribution in [0.25, 0.3) is 10.8 Å². The number of halogens is 2. The Balaban J connectivity index is 1.27. The van der Waals surface area contributed by atoms with E-state index in [4.69, 9.17) is 37.4 Å². The van der Waals surface area contributed by atoms with Crippen LogP contribution >= 0.6 is 23.2 Å². The third-order valence-electron chi connectivity index (χ3n) is 6.42. The molecule has 1 amide bonds. The second-order valence-corrected chi connectivity index (χ2v) is 10.1. The number of carbonyl (C=O) groups is 2. The summed E-state index contributed by atoms with van der Waals surface area (Å²) in [4.78, 5) is 25.7. The number of hydrogen-bond acceptors (Lipinski definition) is 6. The van der Waals surface area contributed by atoms with Gasteiger partial charge in [0.2, 0.25) is 0 Å². The molecule has 0 saturated heterocycles. The van der Waals surface area contributed by atoms with Crippen molar-refractivity contribution in [2.24, 2.45) is 5.10 Å². The van der Waals surface area contributed by atoms with Gasteiger partial charge in [0, 0.05) is 26.7 Å². The molecular weight excluding hydrogens is 587 g/mol. The quantitative estimate of drug-likeness (QED) is 0.0745. The lowest BCUT2D eigenvalue weighted by Crippen LogP contribution is -2.17. The number of ether oxygens (including phenoxy) is 3. The van der Waals surface area contributed by atoms with E-state index in [9.17, 15) is 9.59 Å². The van der Waals surface area contributed by atoms with Gasteiger partial charge in [-0.05, 0) is 84.4 Å². The number of benzene rings is 5. The van der Waals surface area contributed by atoms with Crippen molar-refractivity contribution in [3.05, 3.63) is 135 Å². The molecule has 0 heterocycles. The van der Waals surface area contributed by atoms with E-state index in [0.29, 0.717) is 50.6 Å². The summed E-state index contributed by atoms with van der Waals surface area (Å²) in [7, 11) is 0. The Morgan fingerprint density at radius 2 is 1.51 bits per heavy atom. The molecule has 0 bridgehead atoms. The summed E-state index contributed by atoms with van der Waals surface area (Å²) >= 11 is 12.2. The lowest BCUT2D eigenvalue weighted by atomic mass is 10.0. The zero-order valence-electron chi connectivity index (χ0n) is 23.1. The van der Waals surface area contributed by atoms with E-state index in [-0.39, 0.29) is 6.61 Å². The number of nitrogens with zero attached hydrogens (tertiary/aromatic N) is 1. The van der Waals surface area contributed by atoms with Gasteiger partial charge in [0.25, 0.3) is 5.91 Å². The van der Waals surface area contributed by atoms with E-state index in [1.165, 1.54) is 6.21 Å². The van der Waals surface area contributed by atoms with Gasteiger partial charge in [0.15, 0.2) is 0 Å². The van der Waals surface area contributed by atoms with Crippen molar-refractivity contribution in [1.29, 1.82) is 0 Å². The molecular formula is C34H26Cl2N2O5. The fraction of sp³-hybridized carbons (Fsp3) is 0.0882.